The summed E-state index contributed by atoms with van der Waals surface area (Å²) >= 11 is 5.80. The Morgan fingerprint density at radius 2 is 2.41 bits per heavy atom. The fourth-order valence-electron chi connectivity index (χ4n) is 2.25. The van der Waals surface area contributed by atoms with Crippen molar-refractivity contribution in [3.63, 3.8) is 0 Å². The van der Waals surface area contributed by atoms with Gasteiger partial charge in [-0.1, -0.05) is 18.5 Å². The van der Waals surface area contributed by atoms with Crippen molar-refractivity contribution < 1.29 is 4.92 Å². The first-order valence-corrected chi connectivity index (χ1v) is 6.01. The molecule has 1 aliphatic heterocycles. The summed E-state index contributed by atoms with van der Waals surface area (Å²) in [5.41, 5.74) is 0.504. The lowest BCUT2D eigenvalue weighted by molar-refractivity contribution is -0.384. The number of hydrogen-bond donors (Lipinski definition) is 0. The molecule has 0 radical (unpaired) electrons. The number of nitro groups is 1. The maximum absolute atomic E-state index is 11.0. The lowest BCUT2D eigenvalue weighted by Crippen LogP contribution is -2.34. The van der Waals surface area contributed by atoms with Crippen LogP contribution in [-0.2, 0) is 0 Å². The van der Waals surface area contributed by atoms with Crippen molar-refractivity contribution in [1.82, 2.24) is 4.98 Å². The fraction of sp³-hybridized carbons (Fsp3) is 0.545. The molecule has 0 spiro atoms. The van der Waals surface area contributed by atoms with E-state index in [1.807, 2.05) is 4.90 Å². The van der Waals surface area contributed by atoms with E-state index in [0.29, 0.717) is 11.6 Å². The molecule has 2 heterocycles. The number of hydrogen-bond acceptors (Lipinski definition) is 4. The molecule has 1 aromatic heterocycles. The molecule has 0 amide bonds. The number of aromatic nitrogens is 1. The highest BCUT2D eigenvalue weighted by Crippen LogP contribution is 2.35. The SMILES string of the molecule is C[C@@H]1CCCN(c2ccnc(Cl)c2[N+](=O)[O-])C1. The summed E-state index contributed by atoms with van der Waals surface area (Å²) in [4.78, 5) is 16.4. The number of rotatable bonds is 2. The van der Waals surface area contributed by atoms with Gasteiger partial charge in [-0.3, -0.25) is 10.1 Å². The molecule has 1 aliphatic rings. The highest BCUT2D eigenvalue weighted by molar-refractivity contribution is 6.32. The molecule has 0 aliphatic carbocycles. The molecule has 0 bridgehead atoms. The molecule has 1 fully saturated rings. The highest BCUT2D eigenvalue weighted by Gasteiger charge is 2.26. The maximum Gasteiger partial charge on any atom is 0.329 e. The Morgan fingerprint density at radius 1 is 1.65 bits per heavy atom. The van der Waals surface area contributed by atoms with Gasteiger partial charge in [0.2, 0.25) is 5.15 Å². The van der Waals surface area contributed by atoms with Gasteiger partial charge < -0.3 is 4.90 Å². The largest absolute Gasteiger partial charge is 0.366 e. The van der Waals surface area contributed by atoms with Crippen molar-refractivity contribution in [2.75, 3.05) is 18.0 Å². The van der Waals surface area contributed by atoms with Crippen molar-refractivity contribution in [2.24, 2.45) is 5.92 Å². The summed E-state index contributed by atoms with van der Waals surface area (Å²) in [6, 6.07) is 1.67. The number of nitrogens with zero attached hydrogens (tertiary/aromatic N) is 3. The first-order chi connectivity index (χ1) is 8.09. The van der Waals surface area contributed by atoms with Crippen LogP contribution < -0.4 is 4.90 Å². The molecule has 0 unspecified atom stereocenters. The topological polar surface area (TPSA) is 59.3 Å². The Balaban J connectivity index is 2.37. The summed E-state index contributed by atoms with van der Waals surface area (Å²) in [6.45, 7) is 3.83. The Kier molecular flexibility index (Phi) is 3.47. The van der Waals surface area contributed by atoms with Gasteiger partial charge in [-0.25, -0.2) is 4.98 Å². The zero-order chi connectivity index (χ0) is 12.4. The number of piperidine rings is 1. The molecule has 5 nitrogen and oxygen atoms in total. The smallest absolute Gasteiger partial charge is 0.329 e. The first-order valence-electron chi connectivity index (χ1n) is 5.63. The summed E-state index contributed by atoms with van der Waals surface area (Å²) < 4.78 is 0. The van der Waals surface area contributed by atoms with Crippen LogP contribution in [0.4, 0.5) is 11.4 Å². The van der Waals surface area contributed by atoms with Gasteiger partial charge >= 0.3 is 5.69 Å². The molecular formula is C11H14ClN3O2. The van der Waals surface area contributed by atoms with E-state index in [1.54, 1.807) is 6.07 Å². The normalized spacial score (nSPS) is 20.4. The van der Waals surface area contributed by atoms with Gasteiger partial charge in [0, 0.05) is 19.3 Å². The van der Waals surface area contributed by atoms with Gasteiger partial charge in [0.1, 0.15) is 5.69 Å². The third kappa shape index (κ3) is 2.49. The van der Waals surface area contributed by atoms with Crippen molar-refractivity contribution in [3.8, 4) is 0 Å². The van der Waals surface area contributed by atoms with Crippen LogP contribution in [0.15, 0.2) is 12.3 Å². The third-order valence-electron chi connectivity index (χ3n) is 3.04. The molecule has 92 valence electrons. The molecule has 2 rings (SSSR count). The van der Waals surface area contributed by atoms with E-state index in [1.165, 1.54) is 12.6 Å². The monoisotopic (exact) mass is 255 g/mol. The van der Waals surface area contributed by atoms with Crippen LogP contribution in [-0.4, -0.2) is 23.0 Å². The number of pyridine rings is 1. The zero-order valence-corrected chi connectivity index (χ0v) is 10.4. The van der Waals surface area contributed by atoms with Crippen LogP contribution in [0, 0.1) is 16.0 Å². The highest BCUT2D eigenvalue weighted by atomic mass is 35.5. The lowest BCUT2D eigenvalue weighted by atomic mass is 10.00. The van der Waals surface area contributed by atoms with Gasteiger partial charge in [0.15, 0.2) is 0 Å². The molecule has 1 aromatic rings. The first kappa shape index (κ1) is 12.1. The molecule has 0 saturated carbocycles. The fourth-order valence-corrected chi connectivity index (χ4v) is 2.47. The lowest BCUT2D eigenvalue weighted by Gasteiger charge is -2.32. The van der Waals surface area contributed by atoms with Crippen LogP contribution in [0.2, 0.25) is 5.15 Å². The Hall–Kier alpha value is -1.36. The van der Waals surface area contributed by atoms with Crippen LogP contribution in [0.3, 0.4) is 0 Å². The van der Waals surface area contributed by atoms with Gasteiger partial charge in [-0.05, 0) is 24.8 Å². The van der Waals surface area contributed by atoms with Crippen LogP contribution >= 0.6 is 11.6 Å². The summed E-state index contributed by atoms with van der Waals surface area (Å²) in [6.07, 6.45) is 3.74. The molecule has 17 heavy (non-hydrogen) atoms. The van der Waals surface area contributed by atoms with Crippen molar-refractivity contribution in [1.29, 1.82) is 0 Å². The van der Waals surface area contributed by atoms with Gasteiger partial charge in [-0.2, -0.15) is 0 Å². The van der Waals surface area contributed by atoms with E-state index in [0.717, 1.165) is 19.5 Å². The maximum atomic E-state index is 11.0. The van der Waals surface area contributed by atoms with Gasteiger partial charge in [0.05, 0.1) is 4.92 Å². The molecular weight excluding hydrogens is 242 g/mol. The quantitative estimate of drug-likeness (QED) is 0.463. The van der Waals surface area contributed by atoms with E-state index in [9.17, 15) is 10.1 Å². The predicted molar refractivity (Wildman–Crippen MR) is 66.5 cm³/mol. The van der Waals surface area contributed by atoms with Crippen LogP contribution in [0.25, 0.3) is 0 Å². The van der Waals surface area contributed by atoms with Crippen molar-refractivity contribution in [2.45, 2.75) is 19.8 Å². The van der Waals surface area contributed by atoms with Crippen LogP contribution in [0.1, 0.15) is 19.8 Å². The Labute approximate surface area is 105 Å². The molecule has 1 atom stereocenters. The van der Waals surface area contributed by atoms with Crippen molar-refractivity contribution >= 4 is 23.0 Å². The van der Waals surface area contributed by atoms with Crippen molar-refractivity contribution in [3.05, 3.63) is 27.5 Å². The number of halogens is 1. The minimum atomic E-state index is -0.454. The minimum Gasteiger partial charge on any atom is -0.366 e. The number of anilines is 1. The summed E-state index contributed by atoms with van der Waals surface area (Å²) in [5.74, 6) is 0.551. The molecule has 0 aromatic carbocycles. The average Bonchev–Trinajstić information content (AvgIpc) is 2.28. The second kappa shape index (κ2) is 4.87. The van der Waals surface area contributed by atoms with E-state index in [4.69, 9.17) is 11.6 Å². The van der Waals surface area contributed by atoms with E-state index >= 15 is 0 Å². The average molecular weight is 256 g/mol. The van der Waals surface area contributed by atoms with E-state index in [-0.39, 0.29) is 10.8 Å². The predicted octanol–water partition coefficient (Wildman–Crippen LogP) is 2.88. The summed E-state index contributed by atoms with van der Waals surface area (Å²) in [5, 5.41) is 11.0. The Bertz CT molecular complexity index is 439. The molecule has 0 N–H and O–H groups in total. The van der Waals surface area contributed by atoms with E-state index in [2.05, 4.69) is 11.9 Å². The summed E-state index contributed by atoms with van der Waals surface area (Å²) in [7, 11) is 0. The Morgan fingerprint density at radius 3 is 3.06 bits per heavy atom. The second-order valence-electron chi connectivity index (χ2n) is 4.42. The standard InChI is InChI=1S/C11H14ClN3O2/c1-8-3-2-6-14(7-8)9-4-5-13-11(12)10(9)15(16)17/h4-5,8H,2-3,6-7H2,1H3/t8-/m1/s1. The molecule has 6 heteroatoms. The van der Waals surface area contributed by atoms with Gasteiger partial charge in [-0.15, -0.1) is 0 Å². The second-order valence-corrected chi connectivity index (χ2v) is 4.78. The van der Waals surface area contributed by atoms with Gasteiger partial charge in [0.25, 0.3) is 0 Å². The third-order valence-corrected chi connectivity index (χ3v) is 3.32. The molecule has 1 saturated heterocycles. The minimum absolute atomic E-state index is 0.0364. The van der Waals surface area contributed by atoms with Crippen LogP contribution in [0.5, 0.6) is 0 Å². The van der Waals surface area contributed by atoms with E-state index < -0.39 is 4.92 Å². The zero-order valence-electron chi connectivity index (χ0n) is 9.60.